The molecule has 1 unspecified atom stereocenters. The number of aliphatic hydroxyl groups is 4. The first-order chi connectivity index (χ1) is 18.1. The third-order valence-corrected chi connectivity index (χ3v) is 6.29. The van der Waals surface area contributed by atoms with E-state index in [1.165, 1.54) is 12.1 Å². The van der Waals surface area contributed by atoms with E-state index in [-0.39, 0.29) is 36.5 Å². The van der Waals surface area contributed by atoms with E-state index in [9.17, 15) is 40.2 Å². The molecular weight excluding hydrogens is 508 g/mol. The van der Waals surface area contributed by atoms with E-state index in [2.05, 4.69) is 0 Å². The maximum Gasteiger partial charge on any atom is 0.337 e. The smallest absolute Gasteiger partial charge is 0.337 e. The van der Waals surface area contributed by atoms with Crippen molar-refractivity contribution in [3.05, 3.63) is 47.2 Å². The molecule has 1 aromatic carbocycles. The Morgan fingerprint density at radius 2 is 1.82 bits per heavy atom. The summed E-state index contributed by atoms with van der Waals surface area (Å²) in [6.45, 7) is 0.912. The molecule has 1 fully saturated rings. The van der Waals surface area contributed by atoms with Crippen LogP contribution >= 0.6 is 0 Å². The average molecular weight is 541 g/mol. The number of benzene rings is 1. The van der Waals surface area contributed by atoms with Gasteiger partial charge in [-0.15, -0.1) is 0 Å². The van der Waals surface area contributed by atoms with Crippen molar-refractivity contribution in [2.75, 3.05) is 20.3 Å². The Morgan fingerprint density at radius 3 is 2.45 bits per heavy atom. The maximum atomic E-state index is 12.7. The number of rotatable bonds is 9. The summed E-state index contributed by atoms with van der Waals surface area (Å²) in [5.41, 5.74) is 0.927. The number of esters is 2. The number of ether oxygens (including phenoxy) is 5. The molecule has 0 spiro atoms. The number of phenols is 2. The maximum absolute atomic E-state index is 12.7. The third kappa shape index (κ3) is 6.62. The standard InChI is InChI=1S/C25H32O13/c1-3-13-14(9-19(29)35-7-6-12-4-5-16(27)17(28)8-12)15(23(33)34-2)11-36-24(13)38-25-22(32)21(31)20(30)18(10-26)37-25/h3-5,8,11,14,18,20-22,24-28,30-32H,6-7,9-10H2,1-2H3/b13-3+/t14?,18-,20-,21+,22-,24+,25+/m1/s1. The normalized spacial score (nSPS) is 30.3. The number of allylic oxidation sites excluding steroid dienone is 1. The van der Waals surface area contributed by atoms with E-state index in [1.807, 2.05) is 0 Å². The lowest BCUT2D eigenvalue weighted by atomic mass is 9.86. The van der Waals surface area contributed by atoms with Crippen LogP contribution in [-0.2, 0) is 39.7 Å². The Balaban J connectivity index is 1.71. The predicted octanol–water partition coefficient (Wildman–Crippen LogP) is -0.634. The molecule has 0 saturated carbocycles. The highest BCUT2D eigenvalue weighted by Gasteiger charge is 2.46. The minimum atomic E-state index is -1.69. The van der Waals surface area contributed by atoms with E-state index < -0.39 is 61.5 Å². The zero-order valence-corrected chi connectivity index (χ0v) is 20.8. The van der Waals surface area contributed by atoms with Gasteiger partial charge in [-0.25, -0.2) is 4.79 Å². The van der Waals surface area contributed by atoms with Gasteiger partial charge in [0, 0.05) is 17.9 Å². The molecule has 7 atom stereocenters. The highest BCUT2D eigenvalue weighted by atomic mass is 16.8. The van der Waals surface area contributed by atoms with E-state index >= 15 is 0 Å². The SMILES string of the molecule is C/C=C1\C(CC(=O)OCCc2ccc(O)c(O)c2)C(C(=O)OC)=CO[C@H]1O[C@@H]1O[C@H](CO)[C@@H](O)[C@H](O)[C@H]1O. The molecule has 13 nitrogen and oxygen atoms in total. The van der Waals surface area contributed by atoms with Crippen molar-refractivity contribution >= 4 is 11.9 Å². The fraction of sp³-hybridized carbons (Fsp3) is 0.520. The third-order valence-electron chi connectivity index (χ3n) is 6.29. The Morgan fingerprint density at radius 1 is 1.08 bits per heavy atom. The van der Waals surface area contributed by atoms with Crippen molar-refractivity contribution in [2.24, 2.45) is 5.92 Å². The molecule has 210 valence electrons. The number of hydrogen-bond donors (Lipinski definition) is 6. The Bertz CT molecular complexity index is 1050. The molecule has 6 N–H and O–H groups in total. The minimum absolute atomic E-state index is 0.00894. The fourth-order valence-electron chi connectivity index (χ4n) is 4.16. The molecule has 2 aliphatic heterocycles. The van der Waals surface area contributed by atoms with Gasteiger partial charge in [-0.3, -0.25) is 4.79 Å². The van der Waals surface area contributed by atoms with Crippen molar-refractivity contribution in [3.8, 4) is 11.5 Å². The summed E-state index contributed by atoms with van der Waals surface area (Å²) in [6, 6.07) is 4.23. The fourth-order valence-corrected chi connectivity index (χ4v) is 4.16. The van der Waals surface area contributed by atoms with Crippen LogP contribution in [0.15, 0.2) is 41.7 Å². The van der Waals surface area contributed by atoms with E-state index in [4.69, 9.17) is 23.7 Å². The number of methoxy groups -OCH3 is 1. The highest BCUT2D eigenvalue weighted by molar-refractivity contribution is 5.90. The molecule has 13 heteroatoms. The first-order valence-corrected chi connectivity index (χ1v) is 11.8. The second-order valence-corrected chi connectivity index (χ2v) is 8.71. The molecule has 1 aromatic rings. The number of aliphatic hydroxyl groups excluding tert-OH is 4. The molecule has 38 heavy (non-hydrogen) atoms. The van der Waals surface area contributed by atoms with Crippen LogP contribution in [0.4, 0.5) is 0 Å². The summed E-state index contributed by atoms with van der Waals surface area (Å²) in [6.07, 6.45) is -6.39. The van der Waals surface area contributed by atoms with E-state index in [0.29, 0.717) is 11.1 Å². The monoisotopic (exact) mass is 540 g/mol. The van der Waals surface area contributed by atoms with Crippen molar-refractivity contribution in [3.63, 3.8) is 0 Å². The second kappa shape index (κ2) is 13.0. The summed E-state index contributed by atoms with van der Waals surface area (Å²) in [7, 11) is 1.16. The van der Waals surface area contributed by atoms with Crippen LogP contribution in [-0.4, -0.2) is 99.9 Å². The molecular formula is C25H32O13. The van der Waals surface area contributed by atoms with E-state index in [0.717, 1.165) is 13.4 Å². The predicted molar refractivity (Wildman–Crippen MR) is 126 cm³/mol. The average Bonchev–Trinajstić information content (AvgIpc) is 2.90. The van der Waals surface area contributed by atoms with Crippen molar-refractivity contribution < 1.29 is 63.9 Å². The summed E-state index contributed by atoms with van der Waals surface area (Å²) in [5.74, 6) is -2.89. The highest BCUT2D eigenvalue weighted by Crippen LogP contribution is 2.36. The number of carbonyl (C=O) groups excluding carboxylic acids is 2. The first kappa shape index (κ1) is 29.4. The van der Waals surface area contributed by atoms with Gasteiger partial charge in [-0.2, -0.15) is 0 Å². The molecule has 1 saturated heterocycles. The van der Waals surface area contributed by atoms with Crippen LogP contribution in [0, 0.1) is 5.92 Å². The summed E-state index contributed by atoms with van der Waals surface area (Å²) < 4.78 is 26.7. The molecule has 3 rings (SSSR count). The molecule has 0 bridgehead atoms. The van der Waals surface area contributed by atoms with Gasteiger partial charge in [-0.05, 0) is 24.6 Å². The van der Waals surface area contributed by atoms with Crippen molar-refractivity contribution in [1.82, 2.24) is 0 Å². The summed E-state index contributed by atoms with van der Waals surface area (Å²) in [5, 5.41) is 58.8. The molecule has 2 aliphatic rings. The van der Waals surface area contributed by atoms with Gasteiger partial charge in [0.1, 0.15) is 24.4 Å². The quantitative estimate of drug-likeness (QED) is 0.131. The number of phenolic OH excluding ortho intramolecular Hbond substituents is 2. The zero-order valence-electron chi connectivity index (χ0n) is 20.8. The van der Waals surface area contributed by atoms with Crippen molar-refractivity contribution in [1.29, 1.82) is 0 Å². The van der Waals surface area contributed by atoms with Gasteiger partial charge in [0.2, 0.25) is 6.29 Å². The topological polar surface area (TPSA) is 202 Å². The van der Waals surface area contributed by atoms with Gasteiger partial charge in [0.25, 0.3) is 0 Å². The Hall–Kier alpha value is -3.20. The van der Waals surface area contributed by atoms with Gasteiger partial charge < -0.3 is 54.3 Å². The molecule has 2 heterocycles. The Kier molecular flexibility index (Phi) is 10.1. The largest absolute Gasteiger partial charge is 0.504 e. The van der Waals surface area contributed by atoms with Gasteiger partial charge in [-0.1, -0.05) is 12.1 Å². The lowest BCUT2D eigenvalue weighted by Gasteiger charge is -2.41. The Labute approximate surface area is 218 Å². The van der Waals surface area contributed by atoms with Gasteiger partial charge >= 0.3 is 11.9 Å². The van der Waals surface area contributed by atoms with Crippen LogP contribution in [0.25, 0.3) is 0 Å². The molecule has 0 radical (unpaired) electrons. The number of hydrogen-bond acceptors (Lipinski definition) is 13. The van der Waals surface area contributed by atoms with Crippen LogP contribution in [0.1, 0.15) is 18.9 Å². The van der Waals surface area contributed by atoms with Gasteiger partial charge in [0.15, 0.2) is 17.8 Å². The van der Waals surface area contributed by atoms with Crippen LogP contribution in [0.2, 0.25) is 0 Å². The van der Waals surface area contributed by atoms with Crippen LogP contribution in [0.3, 0.4) is 0 Å². The number of carbonyl (C=O) groups is 2. The lowest BCUT2D eigenvalue weighted by Crippen LogP contribution is -2.60. The van der Waals surface area contributed by atoms with Crippen molar-refractivity contribution in [2.45, 2.75) is 56.8 Å². The summed E-state index contributed by atoms with van der Waals surface area (Å²) in [4.78, 5) is 25.1. The molecule has 0 aliphatic carbocycles. The molecule has 0 amide bonds. The van der Waals surface area contributed by atoms with E-state index in [1.54, 1.807) is 19.1 Å². The zero-order chi connectivity index (χ0) is 28.0. The lowest BCUT2D eigenvalue weighted by molar-refractivity contribution is -0.327. The second-order valence-electron chi connectivity index (χ2n) is 8.71. The molecule has 0 aromatic heterocycles. The van der Waals surface area contributed by atoms with Crippen LogP contribution < -0.4 is 0 Å². The minimum Gasteiger partial charge on any atom is -0.504 e. The summed E-state index contributed by atoms with van der Waals surface area (Å²) >= 11 is 0. The van der Waals surface area contributed by atoms with Crippen LogP contribution in [0.5, 0.6) is 11.5 Å². The number of aromatic hydroxyl groups is 2. The van der Waals surface area contributed by atoms with Gasteiger partial charge in [0.05, 0.1) is 38.6 Å². The first-order valence-electron chi connectivity index (χ1n) is 11.8.